The Morgan fingerprint density at radius 1 is 1.27 bits per heavy atom. The third kappa shape index (κ3) is 1.52. The van der Waals surface area contributed by atoms with Gasteiger partial charge in [0.15, 0.2) is 0 Å². The zero-order chi connectivity index (χ0) is 11.1. The van der Waals surface area contributed by atoms with Gasteiger partial charge in [-0.2, -0.15) is 13.2 Å². The molecular weight excluding hydrogens is 209 g/mol. The van der Waals surface area contributed by atoms with E-state index in [1.165, 1.54) is 0 Å². The van der Waals surface area contributed by atoms with Crippen molar-refractivity contribution in [2.24, 2.45) is 0 Å². The standard InChI is InChI=1S/C10H9F3O2/c1-14-9(10(11,12)13)8(15-9)7-5-3-2-4-6-7/h2-6,8H,1H3/t8-,9+/m0/s1. The van der Waals surface area contributed by atoms with Crippen LogP contribution in [0, 0.1) is 0 Å². The second kappa shape index (κ2) is 3.21. The third-order valence-electron chi connectivity index (χ3n) is 2.38. The monoisotopic (exact) mass is 218 g/mol. The van der Waals surface area contributed by atoms with E-state index < -0.39 is 18.1 Å². The smallest absolute Gasteiger partial charge is 0.344 e. The Bertz CT molecular complexity index is 349. The molecule has 2 nitrogen and oxygen atoms in total. The summed E-state index contributed by atoms with van der Waals surface area (Å²) in [5.74, 6) is -2.45. The van der Waals surface area contributed by atoms with Crippen molar-refractivity contribution in [1.82, 2.24) is 0 Å². The van der Waals surface area contributed by atoms with Gasteiger partial charge in [0.05, 0.1) is 0 Å². The minimum atomic E-state index is -4.51. The largest absolute Gasteiger partial charge is 0.446 e. The van der Waals surface area contributed by atoms with Crippen molar-refractivity contribution < 1.29 is 22.6 Å². The SMILES string of the molecule is CO[C@@]1(C(F)(F)F)O[C@H]1c1ccccc1. The summed E-state index contributed by atoms with van der Waals surface area (Å²) in [4.78, 5) is 0. The molecule has 0 spiro atoms. The summed E-state index contributed by atoms with van der Waals surface area (Å²) in [5, 5.41) is 0. The molecule has 0 saturated carbocycles. The van der Waals surface area contributed by atoms with Gasteiger partial charge in [-0.15, -0.1) is 0 Å². The number of methoxy groups -OCH3 is 1. The molecule has 1 aromatic rings. The fourth-order valence-electron chi connectivity index (χ4n) is 1.54. The van der Waals surface area contributed by atoms with E-state index in [1.807, 2.05) is 0 Å². The van der Waals surface area contributed by atoms with Gasteiger partial charge in [-0.05, 0) is 5.56 Å². The summed E-state index contributed by atoms with van der Waals surface area (Å²) < 4.78 is 46.8. The third-order valence-corrected chi connectivity index (χ3v) is 2.38. The van der Waals surface area contributed by atoms with Gasteiger partial charge in [0.25, 0.3) is 5.79 Å². The average Bonchev–Trinajstić information content (AvgIpc) is 2.94. The van der Waals surface area contributed by atoms with Crippen LogP contribution < -0.4 is 0 Å². The first kappa shape index (κ1) is 10.4. The van der Waals surface area contributed by atoms with E-state index in [2.05, 4.69) is 9.47 Å². The van der Waals surface area contributed by atoms with Crippen molar-refractivity contribution in [3.05, 3.63) is 35.9 Å². The zero-order valence-electron chi connectivity index (χ0n) is 7.91. The molecule has 1 aliphatic heterocycles. The van der Waals surface area contributed by atoms with Crippen molar-refractivity contribution in [2.75, 3.05) is 7.11 Å². The average molecular weight is 218 g/mol. The highest BCUT2D eigenvalue weighted by molar-refractivity contribution is 5.25. The number of alkyl halides is 3. The first-order valence-corrected chi connectivity index (χ1v) is 4.36. The summed E-state index contributed by atoms with van der Waals surface area (Å²) in [5.41, 5.74) is 0.469. The first-order valence-electron chi connectivity index (χ1n) is 4.36. The van der Waals surface area contributed by atoms with Gasteiger partial charge in [-0.1, -0.05) is 30.3 Å². The molecule has 0 radical (unpaired) electrons. The lowest BCUT2D eigenvalue weighted by Crippen LogP contribution is -2.35. The highest BCUT2D eigenvalue weighted by atomic mass is 19.4. The molecule has 1 heterocycles. The summed E-state index contributed by atoms with van der Waals surface area (Å²) in [6.45, 7) is 0. The van der Waals surface area contributed by atoms with E-state index in [0.29, 0.717) is 5.56 Å². The predicted octanol–water partition coefficient (Wildman–Crippen LogP) is 2.66. The molecule has 82 valence electrons. The van der Waals surface area contributed by atoms with Gasteiger partial charge < -0.3 is 9.47 Å². The Morgan fingerprint density at radius 3 is 2.27 bits per heavy atom. The summed E-state index contributed by atoms with van der Waals surface area (Å²) in [6.07, 6.45) is -5.56. The van der Waals surface area contributed by atoms with Crippen LogP contribution >= 0.6 is 0 Å². The van der Waals surface area contributed by atoms with E-state index in [-0.39, 0.29) is 0 Å². The maximum atomic E-state index is 12.6. The Morgan fingerprint density at radius 2 is 1.87 bits per heavy atom. The number of epoxide rings is 1. The van der Waals surface area contributed by atoms with Crippen molar-refractivity contribution >= 4 is 0 Å². The predicted molar refractivity (Wildman–Crippen MR) is 46.1 cm³/mol. The minimum absolute atomic E-state index is 0.469. The maximum absolute atomic E-state index is 12.6. The van der Waals surface area contributed by atoms with Crippen LogP contribution in [0.1, 0.15) is 11.7 Å². The molecular formula is C10H9F3O2. The highest BCUT2D eigenvalue weighted by Gasteiger charge is 2.75. The quantitative estimate of drug-likeness (QED) is 0.712. The lowest BCUT2D eigenvalue weighted by atomic mass is 10.1. The van der Waals surface area contributed by atoms with E-state index in [1.54, 1.807) is 30.3 Å². The van der Waals surface area contributed by atoms with Gasteiger partial charge in [0.1, 0.15) is 6.10 Å². The van der Waals surface area contributed by atoms with Gasteiger partial charge in [0.2, 0.25) is 0 Å². The molecule has 5 heteroatoms. The van der Waals surface area contributed by atoms with Crippen LogP contribution in [0.4, 0.5) is 13.2 Å². The molecule has 0 N–H and O–H groups in total. The number of benzene rings is 1. The molecule has 1 aliphatic rings. The Balaban J connectivity index is 2.24. The molecule has 0 amide bonds. The van der Waals surface area contributed by atoms with E-state index in [0.717, 1.165) is 7.11 Å². The van der Waals surface area contributed by atoms with Gasteiger partial charge in [-0.25, -0.2) is 0 Å². The van der Waals surface area contributed by atoms with Crippen molar-refractivity contribution in [1.29, 1.82) is 0 Å². The van der Waals surface area contributed by atoms with Gasteiger partial charge in [0, 0.05) is 7.11 Å². The molecule has 2 rings (SSSR count). The number of hydrogen-bond donors (Lipinski definition) is 0. The van der Waals surface area contributed by atoms with Crippen LogP contribution in [0.3, 0.4) is 0 Å². The maximum Gasteiger partial charge on any atom is 0.446 e. The number of rotatable bonds is 2. The van der Waals surface area contributed by atoms with Crippen LogP contribution in [-0.2, 0) is 9.47 Å². The topological polar surface area (TPSA) is 21.8 Å². The van der Waals surface area contributed by atoms with Crippen molar-refractivity contribution in [3.63, 3.8) is 0 Å². The molecule has 15 heavy (non-hydrogen) atoms. The first-order chi connectivity index (χ1) is 7.01. The van der Waals surface area contributed by atoms with Crippen LogP contribution in [0.25, 0.3) is 0 Å². The molecule has 0 unspecified atom stereocenters. The van der Waals surface area contributed by atoms with Crippen LogP contribution in [0.5, 0.6) is 0 Å². The van der Waals surface area contributed by atoms with Crippen LogP contribution in [0.2, 0.25) is 0 Å². The fraction of sp³-hybridized carbons (Fsp3) is 0.400. The number of halogens is 3. The second-order valence-electron chi connectivity index (χ2n) is 3.28. The highest BCUT2D eigenvalue weighted by Crippen LogP contribution is 2.58. The second-order valence-corrected chi connectivity index (χ2v) is 3.28. The lowest BCUT2D eigenvalue weighted by molar-refractivity contribution is -0.263. The van der Waals surface area contributed by atoms with Crippen LogP contribution in [0.15, 0.2) is 30.3 Å². The van der Waals surface area contributed by atoms with E-state index in [9.17, 15) is 13.2 Å². The van der Waals surface area contributed by atoms with Gasteiger partial charge >= 0.3 is 6.18 Å². The summed E-state index contributed by atoms with van der Waals surface area (Å²) in [7, 11) is 0.996. The normalized spacial score (nSPS) is 30.3. The summed E-state index contributed by atoms with van der Waals surface area (Å²) in [6, 6.07) is 8.21. The fourth-order valence-corrected chi connectivity index (χ4v) is 1.54. The van der Waals surface area contributed by atoms with E-state index in [4.69, 9.17) is 0 Å². The Hall–Kier alpha value is -1.07. The lowest BCUT2D eigenvalue weighted by Gasteiger charge is -2.14. The molecule has 1 saturated heterocycles. The van der Waals surface area contributed by atoms with Crippen molar-refractivity contribution in [3.8, 4) is 0 Å². The molecule has 0 bridgehead atoms. The van der Waals surface area contributed by atoms with Crippen molar-refractivity contribution in [2.45, 2.75) is 18.1 Å². The number of ether oxygens (including phenoxy) is 2. The van der Waals surface area contributed by atoms with Gasteiger partial charge in [-0.3, -0.25) is 0 Å². The van der Waals surface area contributed by atoms with E-state index >= 15 is 0 Å². The minimum Gasteiger partial charge on any atom is -0.344 e. The molecule has 1 aromatic carbocycles. The molecule has 0 aromatic heterocycles. The molecule has 0 aliphatic carbocycles. The Labute approximate surface area is 84.6 Å². The molecule has 1 fully saturated rings. The zero-order valence-corrected chi connectivity index (χ0v) is 7.91. The number of hydrogen-bond acceptors (Lipinski definition) is 2. The Kier molecular flexibility index (Phi) is 2.24. The van der Waals surface area contributed by atoms with Crippen LogP contribution in [-0.4, -0.2) is 19.1 Å². The summed E-state index contributed by atoms with van der Waals surface area (Å²) >= 11 is 0. The molecule has 2 atom stereocenters.